The van der Waals surface area contributed by atoms with Crippen molar-refractivity contribution >= 4 is 22.7 Å². The van der Waals surface area contributed by atoms with Crippen molar-refractivity contribution in [2.45, 2.75) is 20.3 Å². The molecule has 2 aromatic rings. The predicted molar refractivity (Wildman–Crippen MR) is 74.3 cm³/mol. The smallest absolute Gasteiger partial charge is 0.376 e. The van der Waals surface area contributed by atoms with Gasteiger partial charge in [-0.15, -0.1) is 0 Å². The van der Waals surface area contributed by atoms with Crippen LogP contribution in [0.5, 0.6) is 0 Å². The molecule has 0 bridgehead atoms. The molecule has 0 spiro atoms. The molecule has 0 unspecified atom stereocenters. The molecule has 2 rings (SSSR count). The van der Waals surface area contributed by atoms with E-state index in [2.05, 4.69) is 22.2 Å². The maximum atomic E-state index is 11.7. The van der Waals surface area contributed by atoms with Crippen molar-refractivity contribution in [2.75, 3.05) is 18.5 Å². The van der Waals surface area contributed by atoms with Crippen molar-refractivity contribution in [2.24, 2.45) is 0 Å². The number of esters is 1. The molecule has 1 N–H and O–H groups in total. The summed E-state index contributed by atoms with van der Waals surface area (Å²) in [5.74, 6) is 0.280. The summed E-state index contributed by atoms with van der Waals surface area (Å²) in [5, 5.41) is 4.12. The second-order valence-corrected chi connectivity index (χ2v) is 4.06. The molecule has 1 heterocycles. The van der Waals surface area contributed by atoms with Gasteiger partial charge in [-0.05, 0) is 25.5 Å². The van der Waals surface area contributed by atoms with E-state index in [1.54, 1.807) is 6.92 Å². The first kappa shape index (κ1) is 13.3. The monoisotopic (exact) mass is 259 g/mol. The van der Waals surface area contributed by atoms with Crippen molar-refractivity contribution in [3.05, 3.63) is 30.1 Å². The van der Waals surface area contributed by atoms with Crippen molar-refractivity contribution in [1.82, 2.24) is 9.97 Å². The number of hydrogen-bond donors (Lipinski definition) is 1. The minimum atomic E-state index is -0.493. The summed E-state index contributed by atoms with van der Waals surface area (Å²) in [6.07, 6.45) is 0.979. The molecule has 5 nitrogen and oxygen atoms in total. The van der Waals surface area contributed by atoms with E-state index in [9.17, 15) is 4.79 Å². The summed E-state index contributed by atoms with van der Waals surface area (Å²) in [4.78, 5) is 20.2. The lowest BCUT2D eigenvalue weighted by Gasteiger charge is -2.09. The molecule has 0 aliphatic rings. The number of aromatic nitrogens is 2. The van der Waals surface area contributed by atoms with Crippen LogP contribution in [0.15, 0.2) is 24.3 Å². The van der Waals surface area contributed by atoms with Crippen LogP contribution in [0, 0.1) is 0 Å². The van der Waals surface area contributed by atoms with Crippen LogP contribution < -0.4 is 5.32 Å². The highest BCUT2D eigenvalue weighted by Crippen LogP contribution is 2.20. The van der Waals surface area contributed by atoms with Gasteiger partial charge < -0.3 is 10.1 Å². The molecule has 1 aromatic carbocycles. The highest BCUT2D eigenvalue weighted by Gasteiger charge is 2.14. The number of carbonyl (C=O) groups excluding carboxylic acids is 1. The average Bonchev–Trinajstić information content (AvgIpc) is 2.44. The Hall–Kier alpha value is -2.17. The van der Waals surface area contributed by atoms with E-state index in [0.29, 0.717) is 12.4 Å². The minimum Gasteiger partial charge on any atom is -0.460 e. The molecule has 0 saturated heterocycles. The maximum Gasteiger partial charge on any atom is 0.376 e. The van der Waals surface area contributed by atoms with Gasteiger partial charge in [-0.3, -0.25) is 0 Å². The number of ether oxygens (including phenoxy) is 1. The molecular weight excluding hydrogens is 242 g/mol. The Morgan fingerprint density at radius 1 is 1.26 bits per heavy atom. The third kappa shape index (κ3) is 2.99. The van der Waals surface area contributed by atoms with Gasteiger partial charge in [0.1, 0.15) is 5.82 Å². The van der Waals surface area contributed by atoms with E-state index in [1.807, 2.05) is 24.3 Å². The second-order valence-electron chi connectivity index (χ2n) is 4.06. The van der Waals surface area contributed by atoms with Gasteiger partial charge in [0.25, 0.3) is 0 Å². The van der Waals surface area contributed by atoms with Crippen LogP contribution in [0.2, 0.25) is 0 Å². The fraction of sp³-hybridized carbons (Fsp3) is 0.357. The molecule has 0 aliphatic carbocycles. The van der Waals surface area contributed by atoms with Crippen molar-refractivity contribution < 1.29 is 9.53 Å². The SMILES string of the molecule is CCCNc1nc(C(=O)OCC)nc2ccccc12. The molecule has 0 radical (unpaired) electrons. The molecule has 19 heavy (non-hydrogen) atoms. The van der Waals surface area contributed by atoms with E-state index in [4.69, 9.17) is 4.74 Å². The molecule has 100 valence electrons. The van der Waals surface area contributed by atoms with E-state index in [0.717, 1.165) is 23.9 Å². The highest BCUT2D eigenvalue weighted by molar-refractivity contribution is 5.94. The van der Waals surface area contributed by atoms with Crippen LogP contribution in [0.3, 0.4) is 0 Å². The summed E-state index contributed by atoms with van der Waals surface area (Å²) in [6.45, 7) is 4.94. The van der Waals surface area contributed by atoms with E-state index in [-0.39, 0.29) is 5.82 Å². The number of nitrogens with one attached hydrogen (secondary N) is 1. The van der Waals surface area contributed by atoms with Gasteiger partial charge in [-0.1, -0.05) is 19.1 Å². The third-order valence-electron chi connectivity index (χ3n) is 2.60. The van der Waals surface area contributed by atoms with Gasteiger partial charge in [0, 0.05) is 11.9 Å². The number of carbonyl (C=O) groups is 1. The first-order valence-electron chi connectivity index (χ1n) is 6.44. The van der Waals surface area contributed by atoms with Crippen molar-refractivity contribution in [3.63, 3.8) is 0 Å². The summed E-state index contributed by atoms with van der Waals surface area (Å²) >= 11 is 0. The van der Waals surface area contributed by atoms with Gasteiger partial charge in [0.05, 0.1) is 12.1 Å². The van der Waals surface area contributed by atoms with Crippen molar-refractivity contribution in [1.29, 1.82) is 0 Å². The topological polar surface area (TPSA) is 64.1 Å². The predicted octanol–water partition coefficient (Wildman–Crippen LogP) is 2.63. The Kier molecular flexibility index (Phi) is 4.28. The minimum absolute atomic E-state index is 0.0964. The van der Waals surface area contributed by atoms with Gasteiger partial charge in [0.15, 0.2) is 0 Å². The van der Waals surface area contributed by atoms with Crippen molar-refractivity contribution in [3.8, 4) is 0 Å². The summed E-state index contributed by atoms with van der Waals surface area (Å²) in [6, 6.07) is 7.60. The Labute approximate surface area is 112 Å². The van der Waals surface area contributed by atoms with E-state index < -0.39 is 5.97 Å². The van der Waals surface area contributed by atoms with Gasteiger partial charge >= 0.3 is 5.97 Å². The summed E-state index contributed by atoms with van der Waals surface area (Å²) < 4.78 is 4.94. The Morgan fingerprint density at radius 2 is 2.05 bits per heavy atom. The molecule has 0 atom stereocenters. The van der Waals surface area contributed by atoms with Gasteiger partial charge in [-0.25, -0.2) is 14.8 Å². The normalized spacial score (nSPS) is 10.4. The summed E-state index contributed by atoms with van der Waals surface area (Å²) in [7, 11) is 0. The third-order valence-corrected chi connectivity index (χ3v) is 2.60. The average molecular weight is 259 g/mol. The number of anilines is 1. The van der Waals surface area contributed by atoms with Crippen LogP contribution >= 0.6 is 0 Å². The lowest BCUT2D eigenvalue weighted by molar-refractivity contribution is 0.0512. The maximum absolute atomic E-state index is 11.7. The number of para-hydroxylation sites is 1. The zero-order valence-electron chi connectivity index (χ0n) is 11.1. The largest absolute Gasteiger partial charge is 0.460 e. The highest BCUT2D eigenvalue weighted by atomic mass is 16.5. The fourth-order valence-electron chi connectivity index (χ4n) is 1.74. The number of benzene rings is 1. The molecule has 0 amide bonds. The first-order chi connectivity index (χ1) is 9.26. The van der Waals surface area contributed by atoms with Crippen LogP contribution in [-0.2, 0) is 4.74 Å². The second kappa shape index (κ2) is 6.13. The lowest BCUT2D eigenvalue weighted by Crippen LogP contribution is -2.12. The Balaban J connectivity index is 2.46. The van der Waals surface area contributed by atoms with E-state index in [1.165, 1.54) is 0 Å². The van der Waals surface area contributed by atoms with Crippen LogP contribution in [0.4, 0.5) is 5.82 Å². The van der Waals surface area contributed by atoms with Gasteiger partial charge in [0.2, 0.25) is 5.82 Å². The molecule has 0 saturated carbocycles. The number of hydrogen-bond acceptors (Lipinski definition) is 5. The molecule has 1 aromatic heterocycles. The standard InChI is InChI=1S/C14H17N3O2/c1-3-9-15-12-10-7-5-6-8-11(10)16-13(17-12)14(18)19-4-2/h5-8H,3-4,9H2,1-2H3,(H,15,16,17). The van der Waals surface area contributed by atoms with Crippen LogP contribution in [-0.4, -0.2) is 29.1 Å². The zero-order chi connectivity index (χ0) is 13.7. The lowest BCUT2D eigenvalue weighted by atomic mass is 10.2. The first-order valence-corrected chi connectivity index (χ1v) is 6.44. The number of nitrogens with zero attached hydrogens (tertiary/aromatic N) is 2. The quantitative estimate of drug-likeness (QED) is 0.836. The van der Waals surface area contributed by atoms with Gasteiger partial charge in [-0.2, -0.15) is 0 Å². The molecule has 0 aliphatic heterocycles. The Bertz CT molecular complexity index is 584. The van der Waals surface area contributed by atoms with E-state index >= 15 is 0 Å². The van der Waals surface area contributed by atoms with Crippen LogP contribution in [0.25, 0.3) is 10.9 Å². The Morgan fingerprint density at radius 3 is 2.79 bits per heavy atom. The molecule has 5 heteroatoms. The number of fused-ring (bicyclic) bond motifs is 1. The fourth-order valence-corrected chi connectivity index (χ4v) is 1.74. The molecular formula is C14H17N3O2. The zero-order valence-corrected chi connectivity index (χ0v) is 11.1. The van der Waals surface area contributed by atoms with Crippen LogP contribution in [0.1, 0.15) is 30.9 Å². The summed E-state index contributed by atoms with van der Waals surface area (Å²) in [5.41, 5.74) is 0.735. The number of rotatable bonds is 5. The molecule has 0 fully saturated rings.